The van der Waals surface area contributed by atoms with Crippen LogP contribution >= 0.6 is 23.1 Å². The lowest BCUT2D eigenvalue weighted by Gasteiger charge is -2.09. The number of amides is 1. The van der Waals surface area contributed by atoms with Crippen LogP contribution in [0.25, 0.3) is 16.7 Å². The normalized spacial score (nSPS) is 10.9. The van der Waals surface area contributed by atoms with E-state index in [-0.39, 0.29) is 5.91 Å². The molecule has 0 saturated heterocycles. The molecule has 2 aromatic heterocycles. The summed E-state index contributed by atoms with van der Waals surface area (Å²) in [6, 6.07) is 22.1. The summed E-state index contributed by atoms with van der Waals surface area (Å²) >= 11 is 3.10. The first kappa shape index (κ1) is 16.9. The minimum atomic E-state index is 0.00932. The standard InChI is InChI=1S/C20H17N3OS2/c24-19(21-13-16-9-6-12-25-16)14-26-20-22-17-10-4-5-11-18(17)23(20)15-7-2-1-3-8-15/h1-12H,13-14H2,(H,21,24). The van der Waals surface area contributed by atoms with Gasteiger partial charge in [0.15, 0.2) is 5.16 Å². The van der Waals surface area contributed by atoms with Crippen LogP contribution in [0.5, 0.6) is 0 Å². The molecule has 0 aliphatic rings. The number of benzene rings is 2. The van der Waals surface area contributed by atoms with Crippen molar-refractivity contribution in [1.29, 1.82) is 0 Å². The maximum atomic E-state index is 12.2. The molecule has 0 aliphatic carbocycles. The smallest absolute Gasteiger partial charge is 0.230 e. The Morgan fingerprint density at radius 1 is 1.04 bits per heavy atom. The highest BCUT2D eigenvalue weighted by Gasteiger charge is 2.14. The molecule has 2 aromatic carbocycles. The first-order valence-electron chi connectivity index (χ1n) is 8.26. The van der Waals surface area contributed by atoms with Gasteiger partial charge < -0.3 is 5.32 Å². The van der Waals surface area contributed by atoms with Crippen LogP contribution < -0.4 is 5.32 Å². The van der Waals surface area contributed by atoms with Crippen LogP contribution in [0.3, 0.4) is 0 Å². The van der Waals surface area contributed by atoms with Gasteiger partial charge >= 0.3 is 0 Å². The van der Waals surface area contributed by atoms with Gasteiger partial charge in [-0.2, -0.15) is 0 Å². The average molecular weight is 380 g/mol. The van der Waals surface area contributed by atoms with Crippen molar-refractivity contribution in [3.05, 3.63) is 77.0 Å². The number of hydrogen-bond donors (Lipinski definition) is 1. The molecular formula is C20H17N3OS2. The molecule has 1 N–H and O–H groups in total. The Morgan fingerprint density at radius 2 is 1.85 bits per heavy atom. The first-order chi connectivity index (χ1) is 12.8. The van der Waals surface area contributed by atoms with Gasteiger partial charge in [0.05, 0.1) is 23.3 Å². The maximum absolute atomic E-state index is 12.2. The third kappa shape index (κ3) is 3.66. The lowest BCUT2D eigenvalue weighted by molar-refractivity contribution is -0.118. The van der Waals surface area contributed by atoms with Gasteiger partial charge in [-0.3, -0.25) is 9.36 Å². The quantitative estimate of drug-likeness (QED) is 0.502. The summed E-state index contributed by atoms with van der Waals surface area (Å²) in [5, 5.41) is 5.80. The van der Waals surface area contributed by atoms with Crippen molar-refractivity contribution in [2.75, 3.05) is 5.75 Å². The van der Waals surface area contributed by atoms with Crippen molar-refractivity contribution < 1.29 is 4.79 Å². The van der Waals surface area contributed by atoms with Crippen LogP contribution in [-0.2, 0) is 11.3 Å². The summed E-state index contributed by atoms with van der Waals surface area (Å²) in [4.78, 5) is 18.1. The number of nitrogens with zero attached hydrogens (tertiary/aromatic N) is 2. The van der Waals surface area contributed by atoms with Gasteiger partial charge in [-0.25, -0.2) is 4.98 Å². The Balaban J connectivity index is 1.53. The summed E-state index contributed by atoms with van der Waals surface area (Å²) in [7, 11) is 0. The van der Waals surface area contributed by atoms with Gasteiger partial charge in [-0.1, -0.05) is 48.2 Å². The largest absolute Gasteiger partial charge is 0.350 e. The Bertz CT molecular complexity index is 1010. The summed E-state index contributed by atoms with van der Waals surface area (Å²) < 4.78 is 2.10. The van der Waals surface area contributed by atoms with Crippen LogP contribution in [0, 0.1) is 0 Å². The molecule has 0 aliphatic heterocycles. The van der Waals surface area contributed by atoms with Crippen molar-refractivity contribution in [1.82, 2.24) is 14.9 Å². The van der Waals surface area contributed by atoms with Crippen molar-refractivity contribution >= 4 is 40.0 Å². The van der Waals surface area contributed by atoms with E-state index < -0.39 is 0 Å². The van der Waals surface area contributed by atoms with E-state index in [4.69, 9.17) is 4.98 Å². The lowest BCUT2D eigenvalue weighted by atomic mass is 10.3. The number of rotatable bonds is 6. The third-order valence-electron chi connectivity index (χ3n) is 3.92. The fraction of sp³-hybridized carbons (Fsp3) is 0.100. The molecule has 0 unspecified atom stereocenters. The number of nitrogens with one attached hydrogen (secondary N) is 1. The molecule has 0 saturated carbocycles. The molecule has 0 atom stereocenters. The fourth-order valence-corrected chi connectivity index (χ4v) is 4.21. The fourth-order valence-electron chi connectivity index (χ4n) is 2.71. The van der Waals surface area contributed by atoms with E-state index in [1.54, 1.807) is 11.3 Å². The Kier molecular flexibility index (Phi) is 5.04. The second-order valence-electron chi connectivity index (χ2n) is 5.70. The van der Waals surface area contributed by atoms with Gasteiger partial charge in [-0.15, -0.1) is 11.3 Å². The van der Waals surface area contributed by atoms with Crippen LogP contribution in [0.4, 0.5) is 0 Å². The monoisotopic (exact) mass is 379 g/mol. The number of thiophene rings is 1. The van der Waals surface area contributed by atoms with E-state index in [0.29, 0.717) is 12.3 Å². The molecule has 0 bridgehead atoms. The highest BCUT2D eigenvalue weighted by molar-refractivity contribution is 7.99. The number of aromatic nitrogens is 2. The SMILES string of the molecule is O=C(CSc1nc2ccccc2n1-c1ccccc1)NCc1cccs1. The maximum Gasteiger partial charge on any atom is 0.230 e. The van der Waals surface area contributed by atoms with E-state index in [9.17, 15) is 4.79 Å². The van der Waals surface area contributed by atoms with E-state index in [2.05, 4.69) is 28.1 Å². The van der Waals surface area contributed by atoms with Crippen LogP contribution in [-0.4, -0.2) is 21.2 Å². The first-order valence-corrected chi connectivity index (χ1v) is 10.1. The Morgan fingerprint density at radius 3 is 2.65 bits per heavy atom. The van der Waals surface area contributed by atoms with Gasteiger partial charge in [0.2, 0.25) is 5.91 Å². The van der Waals surface area contributed by atoms with Gasteiger partial charge in [-0.05, 0) is 35.7 Å². The predicted molar refractivity (Wildman–Crippen MR) is 108 cm³/mol. The molecule has 26 heavy (non-hydrogen) atoms. The van der Waals surface area contributed by atoms with Crippen LogP contribution in [0.1, 0.15) is 4.88 Å². The number of para-hydroxylation sites is 3. The molecule has 4 nitrogen and oxygen atoms in total. The molecular weight excluding hydrogens is 362 g/mol. The Labute approximate surface area is 159 Å². The van der Waals surface area contributed by atoms with Crippen molar-refractivity contribution in [3.8, 4) is 5.69 Å². The van der Waals surface area contributed by atoms with E-state index in [1.807, 2.05) is 53.9 Å². The molecule has 6 heteroatoms. The number of carbonyl (C=O) groups excluding carboxylic acids is 1. The van der Waals surface area contributed by atoms with Crippen molar-refractivity contribution in [2.45, 2.75) is 11.7 Å². The summed E-state index contributed by atoms with van der Waals surface area (Å²) in [6.45, 7) is 0.576. The Hall–Kier alpha value is -2.57. The van der Waals surface area contributed by atoms with E-state index in [1.165, 1.54) is 11.8 Å². The molecule has 0 spiro atoms. The molecule has 4 aromatic rings. The minimum Gasteiger partial charge on any atom is -0.350 e. The van der Waals surface area contributed by atoms with Crippen molar-refractivity contribution in [2.24, 2.45) is 0 Å². The third-order valence-corrected chi connectivity index (χ3v) is 5.73. The average Bonchev–Trinajstić information content (AvgIpc) is 3.32. The van der Waals surface area contributed by atoms with Gasteiger partial charge in [0.25, 0.3) is 0 Å². The number of hydrogen-bond acceptors (Lipinski definition) is 4. The zero-order valence-electron chi connectivity index (χ0n) is 14.0. The number of imidazole rings is 1. The van der Waals surface area contributed by atoms with Crippen LogP contribution in [0.2, 0.25) is 0 Å². The number of carbonyl (C=O) groups is 1. The van der Waals surface area contributed by atoms with Crippen LogP contribution in [0.15, 0.2) is 77.3 Å². The minimum absolute atomic E-state index is 0.00932. The van der Waals surface area contributed by atoms with Gasteiger partial charge in [0, 0.05) is 10.6 Å². The summed E-state index contributed by atoms with van der Waals surface area (Å²) in [5.74, 6) is 0.344. The van der Waals surface area contributed by atoms with E-state index in [0.717, 1.165) is 26.8 Å². The highest BCUT2D eigenvalue weighted by Crippen LogP contribution is 2.27. The zero-order chi connectivity index (χ0) is 17.8. The number of thioether (sulfide) groups is 1. The zero-order valence-corrected chi connectivity index (χ0v) is 15.6. The highest BCUT2D eigenvalue weighted by atomic mass is 32.2. The molecule has 4 rings (SSSR count). The summed E-state index contributed by atoms with van der Waals surface area (Å²) in [5.41, 5.74) is 3.01. The second-order valence-corrected chi connectivity index (χ2v) is 7.67. The molecule has 2 heterocycles. The van der Waals surface area contributed by atoms with Gasteiger partial charge in [0.1, 0.15) is 0 Å². The topological polar surface area (TPSA) is 46.9 Å². The molecule has 0 fully saturated rings. The lowest BCUT2D eigenvalue weighted by Crippen LogP contribution is -2.24. The summed E-state index contributed by atoms with van der Waals surface area (Å²) in [6.07, 6.45) is 0. The second kappa shape index (κ2) is 7.76. The van der Waals surface area contributed by atoms with E-state index >= 15 is 0 Å². The molecule has 0 radical (unpaired) electrons. The molecule has 130 valence electrons. The van der Waals surface area contributed by atoms with Crippen molar-refractivity contribution in [3.63, 3.8) is 0 Å². The predicted octanol–water partition coefficient (Wildman–Crippen LogP) is 4.50. The molecule has 1 amide bonds. The number of fused-ring (bicyclic) bond motifs is 1.